The van der Waals surface area contributed by atoms with E-state index in [1.54, 1.807) is 7.11 Å². The van der Waals surface area contributed by atoms with Crippen LogP contribution in [0, 0.1) is 5.92 Å². The largest absolute Gasteiger partial charge is 0.383 e. The first-order chi connectivity index (χ1) is 8.24. The van der Waals surface area contributed by atoms with Crippen molar-refractivity contribution in [2.75, 3.05) is 40.9 Å². The third kappa shape index (κ3) is 3.44. The van der Waals surface area contributed by atoms with Crippen molar-refractivity contribution in [1.82, 2.24) is 10.2 Å². The molecule has 108 valence electrons. The van der Waals surface area contributed by atoms with Crippen LogP contribution in [0.5, 0.6) is 0 Å². The van der Waals surface area contributed by atoms with Gasteiger partial charge in [-0.05, 0) is 41.8 Å². The van der Waals surface area contributed by atoms with Gasteiger partial charge in [0.2, 0.25) is 0 Å². The van der Waals surface area contributed by atoms with Gasteiger partial charge >= 0.3 is 0 Å². The molecule has 4 heteroatoms. The minimum absolute atomic E-state index is 0.0987. The highest BCUT2D eigenvalue weighted by atomic mass is 16.5. The van der Waals surface area contributed by atoms with E-state index in [-0.39, 0.29) is 11.2 Å². The summed E-state index contributed by atoms with van der Waals surface area (Å²) in [5.74, 6) is 0.472. The number of methoxy groups -OCH3 is 1. The smallest absolute Gasteiger partial charge is 0.0790 e. The van der Waals surface area contributed by atoms with Crippen LogP contribution in [0.25, 0.3) is 0 Å². The Bertz CT molecular complexity index is 267. The summed E-state index contributed by atoms with van der Waals surface area (Å²) >= 11 is 0. The van der Waals surface area contributed by atoms with Crippen LogP contribution in [0.1, 0.15) is 27.7 Å². The normalized spacial score (nSPS) is 30.0. The Hall–Kier alpha value is -0.160. The molecular formula is C14H30N2O2. The van der Waals surface area contributed by atoms with Crippen molar-refractivity contribution < 1.29 is 9.47 Å². The van der Waals surface area contributed by atoms with Crippen molar-refractivity contribution in [2.24, 2.45) is 5.92 Å². The fraction of sp³-hybridized carbons (Fsp3) is 1.00. The molecule has 1 aliphatic rings. The van der Waals surface area contributed by atoms with Crippen molar-refractivity contribution >= 4 is 0 Å². The molecule has 0 spiro atoms. The Morgan fingerprint density at radius 1 is 1.22 bits per heavy atom. The van der Waals surface area contributed by atoms with Crippen molar-refractivity contribution in [3.8, 4) is 0 Å². The Balaban J connectivity index is 2.71. The lowest BCUT2D eigenvalue weighted by atomic mass is 9.82. The highest BCUT2D eigenvalue weighted by molar-refractivity contribution is 5.05. The van der Waals surface area contributed by atoms with Gasteiger partial charge in [0.25, 0.3) is 0 Å². The van der Waals surface area contributed by atoms with E-state index in [2.05, 4.69) is 45.0 Å². The molecule has 1 saturated heterocycles. The van der Waals surface area contributed by atoms with Crippen LogP contribution in [-0.4, -0.2) is 63.0 Å². The number of nitrogens with one attached hydrogen (secondary N) is 1. The van der Waals surface area contributed by atoms with E-state index in [0.717, 1.165) is 19.7 Å². The topological polar surface area (TPSA) is 33.7 Å². The second kappa shape index (κ2) is 5.87. The van der Waals surface area contributed by atoms with Gasteiger partial charge in [0, 0.05) is 32.2 Å². The molecule has 0 amide bonds. The van der Waals surface area contributed by atoms with E-state index in [1.165, 1.54) is 0 Å². The summed E-state index contributed by atoms with van der Waals surface area (Å²) in [6, 6.07) is 0.373. The van der Waals surface area contributed by atoms with E-state index in [1.807, 2.05) is 7.05 Å². The van der Waals surface area contributed by atoms with Gasteiger partial charge in [-0.2, -0.15) is 0 Å². The molecule has 0 aromatic rings. The first kappa shape index (κ1) is 15.9. The van der Waals surface area contributed by atoms with E-state index in [0.29, 0.717) is 12.0 Å². The lowest BCUT2D eigenvalue weighted by Gasteiger charge is -2.32. The Morgan fingerprint density at radius 2 is 1.83 bits per heavy atom. The molecule has 0 saturated carbocycles. The number of rotatable bonds is 6. The average Bonchev–Trinajstić information content (AvgIpc) is 2.40. The van der Waals surface area contributed by atoms with Crippen LogP contribution in [-0.2, 0) is 9.47 Å². The molecule has 1 aliphatic heterocycles. The van der Waals surface area contributed by atoms with Gasteiger partial charge in [-0.25, -0.2) is 0 Å². The zero-order valence-electron chi connectivity index (χ0n) is 13.0. The van der Waals surface area contributed by atoms with Crippen LogP contribution < -0.4 is 5.32 Å². The molecule has 0 aromatic heterocycles. The summed E-state index contributed by atoms with van der Waals surface area (Å²) in [4.78, 5) is 2.32. The van der Waals surface area contributed by atoms with Crippen LogP contribution in [0.3, 0.4) is 0 Å². The quantitative estimate of drug-likeness (QED) is 0.780. The van der Waals surface area contributed by atoms with Crippen LogP contribution >= 0.6 is 0 Å². The summed E-state index contributed by atoms with van der Waals surface area (Å²) in [7, 11) is 5.92. The van der Waals surface area contributed by atoms with E-state index < -0.39 is 0 Å². The minimum Gasteiger partial charge on any atom is -0.383 e. The molecule has 0 aliphatic carbocycles. The van der Waals surface area contributed by atoms with Crippen LogP contribution in [0.2, 0.25) is 0 Å². The molecule has 0 radical (unpaired) electrons. The average molecular weight is 258 g/mol. The SMILES string of the molecule is CNC1C(CN(C)CCOC)C(C)(C)OC1(C)C. The van der Waals surface area contributed by atoms with Gasteiger partial charge in [-0.3, -0.25) is 0 Å². The summed E-state index contributed by atoms with van der Waals surface area (Å²) in [5, 5.41) is 3.44. The molecule has 1 N–H and O–H groups in total. The van der Waals surface area contributed by atoms with Crippen LogP contribution in [0.15, 0.2) is 0 Å². The second-order valence-electron chi connectivity index (χ2n) is 6.44. The molecule has 1 rings (SSSR count). The van der Waals surface area contributed by atoms with E-state index in [9.17, 15) is 0 Å². The van der Waals surface area contributed by atoms with E-state index >= 15 is 0 Å². The lowest BCUT2D eigenvalue weighted by Crippen LogP contribution is -2.49. The Kier molecular flexibility index (Phi) is 5.18. The standard InChI is InChI=1S/C14H30N2O2/c1-13(2)11(10-16(6)8-9-17-7)12(15-5)14(3,4)18-13/h11-12,15H,8-10H2,1-7H3. The van der Waals surface area contributed by atoms with Gasteiger partial charge < -0.3 is 19.7 Å². The Labute approximate surface area is 112 Å². The highest BCUT2D eigenvalue weighted by Crippen LogP contribution is 2.42. The monoisotopic (exact) mass is 258 g/mol. The number of hydrogen-bond donors (Lipinski definition) is 1. The third-order valence-corrected chi connectivity index (χ3v) is 4.07. The molecule has 1 heterocycles. The van der Waals surface area contributed by atoms with Gasteiger partial charge in [0.1, 0.15) is 0 Å². The predicted molar refractivity (Wildman–Crippen MR) is 75.0 cm³/mol. The first-order valence-electron chi connectivity index (χ1n) is 6.79. The number of hydrogen-bond acceptors (Lipinski definition) is 4. The number of ether oxygens (including phenoxy) is 2. The lowest BCUT2D eigenvalue weighted by molar-refractivity contribution is -0.0792. The molecule has 2 atom stereocenters. The number of nitrogens with zero attached hydrogens (tertiary/aromatic N) is 1. The van der Waals surface area contributed by atoms with Crippen molar-refractivity contribution in [1.29, 1.82) is 0 Å². The predicted octanol–water partition coefficient (Wildman–Crippen LogP) is 1.36. The zero-order chi connectivity index (χ0) is 14.0. The number of likely N-dealkylation sites (N-methyl/N-ethyl adjacent to an activating group) is 2. The fourth-order valence-corrected chi connectivity index (χ4v) is 3.25. The van der Waals surface area contributed by atoms with Crippen molar-refractivity contribution in [3.63, 3.8) is 0 Å². The fourth-order valence-electron chi connectivity index (χ4n) is 3.25. The minimum atomic E-state index is -0.120. The maximum atomic E-state index is 6.24. The molecule has 0 aromatic carbocycles. The molecule has 1 fully saturated rings. The Morgan fingerprint density at radius 3 is 2.33 bits per heavy atom. The van der Waals surface area contributed by atoms with Crippen molar-refractivity contribution in [2.45, 2.75) is 44.9 Å². The van der Waals surface area contributed by atoms with E-state index in [4.69, 9.17) is 9.47 Å². The van der Waals surface area contributed by atoms with Crippen LogP contribution in [0.4, 0.5) is 0 Å². The molecule has 2 unspecified atom stereocenters. The first-order valence-corrected chi connectivity index (χ1v) is 6.79. The maximum Gasteiger partial charge on any atom is 0.0790 e. The molecular weight excluding hydrogens is 228 g/mol. The second-order valence-corrected chi connectivity index (χ2v) is 6.44. The van der Waals surface area contributed by atoms with Gasteiger partial charge in [0.05, 0.1) is 17.8 Å². The third-order valence-electron chi connectivity index (χ3n) is 4.07. The molecule has 4 nitrogen and oxygen atoms in total. The molecule has 18 heavy (non-hydrogen) atoms. The van der Waals surface area contributed by atoms with Gasteiger partial charge in [0.15, 0.2) is 0 Å². The summed E-state index contributed by atoms with van der Waals surface area (Å²) in [6.07, 6.45) is 0. The summed E-state index contributed by atoms with van der Waals surface area (Å²) in [6.45, 7) is 11.5. The highest BCUT2D eigenvalue weighted by Gasteiger charge is 2.53. The van der Waals surface area contributed by atoms with Gasteiger partial charge in [-0.1, -0.05) is 0 Å². The summed E-state index contributed by atoms with van der Waals surface area (Å²) < 4.78 is 11.4. The molecule has 0 bridgehead atoms. The summed E-state index contributed by atoms with van der Waals surface area (Å²) in [5.41, 5.74) is -0.219. The maximum absolute atomic E-state index is 6.24. The van der Waals surface area contributed by atoms with Crippen molar-refractivity contribution in [3.05, 3.63) is 0 Å². The van der Waals surface area contributed by atoms with Gasteiger partial charge in [-0.15, -0.1) is 0 Å². The zero-order valence-corrected chi connectivity index (χ0v) is 13.0.